The van der Waals surface area contributed by atoms with E-state index in [4.69, 9.17) is 16.3 Å². The first kappa shape index (κ1) is 31.7. The summed E-state index contributed by atoms with van der Waals surface area (Å²) < 4.78 is 7.40. The Morgan fingerprint density at radius 3 is 2.02 bits per heavy atom. The number of amides is 2. The maximum absolute atomic E-state index is 13.8. The molecule has 0 radical (unpaired) electrons. The van der Waals surface area contributed by atoms with Crippen LogP contribution in [-0.2, 0) is 4.79 Å². The molecule has 1 aliphatic rings. The Hall–Kier alpha value is -3.25. The zero-order valence-electron chi connectivity index (χ0n) is 25.5. The van der Waals surface area contributed by atoms with Gasteiger partial charge in [0.1, 0.15) is 5.75 Å². The molecule has 1 saturated heterocycles. The van der Waals surface area contributed by atoms with Crippen LogP contribution in [0.15, 0.2) is 54.6 Å². The van der Waals surface area contributed by atoms with Gasteiger partial charge in [-0.1, -0.05) is 82.0 Å². The van der Waals surface area contributed by atoms with E-state index in [1.807, 2.05) is 71.3 Å². The fraction of sp³-hybridized carbons (Fsp3) is 0.486. The number of hydrogen-bond acceptors (Lipinski definition) is 3. The van der Waals surface area contributed by atoms with Crippen molar-refractivity contribution in [2.24, 2.45) is 0 Å². The fourth-order valence-corrected chi connectivity index (χ4v) is 6.04. The Morgan fingerprint density at radius 1 is 0.810 bits per heavy atom. The van der Waals surface area contributed by atoms with Gasteiger partial charge in [-0.2, -0.15) is 0 Å². The number of benzene rings is 2. The van der Waals surface area contributed by atoms with Gasteiger partial charge in [-0.05, 0) is 61.4 Å². The maximum atomic E-state index is 13.8. The van der Waals surface area contributed by atoms with Crippen LogP contribution in [0.3, 0.4) is 0 Å². The Morgan fingerprint density at radius 2 is 1.40 bits per heavy atom. The standard InChI is InChI=1S/C35H46ClN3O3/c1-4-5-6-7-8-9-10-11-12-17-34(40)37-22-24-38(25-23-37)35(41)30-26-33(28-18-20-29(42-3)21-19-28)39(27(30)2)32-16-14-13-15-31(32)36/h13-16,18-21,26H,4-12,17,22-25H2,1-3H3. The average Bonchev–Trinajstić information content (AvgIpc) is 3.36. The highest BCUT2D eigenvalue weighted by Gasteiger charge is 2.28. The van der Waals surface area contributed by atoms with Gasteiger partial charge in [0.25, 0.3) is 5.91 Å². The molecule has 1 aromatic heterocycles. The van der Waals surface area contributed by atoms with Gasteiger partial charge in [-0.15, -0.1) is 0 Å². The summed E-state index contributed by atoms with van der Waals surface area (Å²) in [5.74, 6) is 0.972. The number of ether oxygens (including phenoxy) is 1. The molecule has 3 aromatic rings. The summed E-state index contributed by atoms with van der Waals surface area (Å²) in [5, 5.41) is 0.615. The third-order valence-electron chi connectivity index (χ3n) is 8.37. The molecule has 42 heavy (non-hydrogen) atoms. The van der Waals surface area contributed by atoms with E-state index in [1.165, 1.54) is 44.9 Å². The number of methoxy groups -OCH3 is 1. The Labute approximate surface area is 256 Å². The minimum atomic E-state index is -0.0147. The van der Waals surface area contributed by atoms with Gasteiger partial charge >= 0.3 is 0 Å². The second kappa shape index (κ2) is 15.8. The number of carbonyl (C=O) groups excluding carboxylic acids is 2. The Balaban J connectivity index is 1.37. The second-order valence-corrected chi connectivity index (χ2v) is 11.7. The van der Waals surface area contributed by atoms with Crippen molar-refractivity contribution >= 4 is 23.4 Å². The molecule has 2 aromatic carbocycles. The van der Waals surface area contributed by atoms with E-state index in [1.54, 1.807) is 7.11 Å². The van der Waals surface area contributed by atoms with Crippen LogP contribution in [0.25, 0.3) is 16.9 Å². The van der Waals surface area contributed by atoms with E-state index in [0.717, 1.165) is 41.2 Å². The molecule has 0 spiro atoms. The predicted octanol–water partition coefficient (Wildman–Crippen LogP) is 8.32. The molecular weight excluding hydrogens is 546 g/mol. The Bertz CT molecular complexity index is 1310. The summed E-state index contributed by atoms with van der Waals surface area (Å²) in [6, 6.07) is 17.5. The first-order valence-electron chi connectivity index (χ1n) is 15.6. The zero-order chi connectivity index (χ0) is 29.9. The van der Waals surface area contributed by atoms with Crippen molar-refractivity contribution in [3.05, 3.63) is 70.9 Å². The van der Waals surface area contributed by atoms with Crippen molar-refractivity contribution in [1.29, 1.82) is 0 Å². The highest BCUT2D eigenvalue weighted by atomic mass is 35.5. The zero-order valence-corrected chi connectivity index (χ0v) is 26.3. The molecule has 6 nitrogen and oxygen atoms in total. The van der Waals surface area contributed by atoms with Gasteiger partial charge in [0.05, 0.1) is 29.1 Å². The summed E-state index contributed by atoms with van der Waals surface area (Å²) in [5.41, 5.74) is 4.16. The number of unbranched alkanes of at least 4 members (excludes halogenated alkanes) is 8. The first-order chi connectivity index (χ1) is 20.4. The number of rotatable bonds is 14. The lowest BCUT2D eigenvalue weighted by Crippen LogP contribution is -2.50. The molecule has 226 valence electrons. The molecule has 0 bridgehead atoms. The molecule has 1 fully saturated rings. The monoisotopic (exact) mass is 591 g/mol. The van der Waals surface area contributed by atoms with E-state index in [9.17, 15) is 9.59 Å². The number of carbonyl (C=O) groups is 2. The van der Waals surface area contributed by atoms with Gasteiger partial charge in [0.15, 0.2) is 0 Å². The van der Waals surface area contributed by atoms with Gasteiger partial charge in [0.2, 0.25) is 5.91 Å². The maximum Gasteiger partial charge on any atom is 0.255 e. The topological polar surface area (TPSA) is 54.8 Å². The summed E-state index contributed by atoms with van der Waals surface area (Å²) >= 11 is 6.63. The number of nitrogens with zero attached hydrogens (tertiary/aromatic N) is 3. The quantitative estimate of drug-likeness (QED) is 0.177. The van der Waals surface area contributed by atoms with Crippen LogP contribution in [0.1, 0.15) is 87.2 Å². The predicted molar refractivity (Wildman–Crippen MR) is 172 cm³/mol. The van der Waals surface area contributed by atoms with Crippen molar-refractivity contribution in [2.75, 3.05) is 33.3 Å². The molecule has 2 heterocycles. The average molecular weight is 592 g/mol. The van der Waals surface area contributed by atoms with Crippen LogP contribution in [0.4, 0.5) is 0 Å². The van der Waals surface area contributed by atoms with Crippen LogP contribution in [0, 0.1) is 6.92 Å². The van der Waals surface area contributed by atoms with E-state index >= 15 is 0 Å². The van der Waals surface area contributed by atoms with Crippen LogP contribution in [-0.4, -0.2) is 59.5 Å². The summed E-state index contributed by atoms with van der Waals surface area (Å²) in [6.45, 7) is 6.45. The highest BCUT2D eigenvalue weighted by molar-refractivity contribution is 6.32. The fourth-order valence-electron chi connectivity index (χ4n) is 5.82. The normalized spacial score (nSPS) is 13.4. The minimum Gasteiger partial charge on any atom is -0.497 e. The third-order valence-corrected chi connectivity index (χ3v) is 8.69. The van der Waals surface area contributed by atoms with Crippen molar-refractivity contribution in [2.45, 2.75) is 78.1 Å². The molecule has 7 heteroatoms. The van der Waals surface area contributed by atoms with Gasteiger partial charge < -0.3 is 19.1 Å². The molecule has 4 rings (SSSR count). The minimum absolute atomic E-state index is 0.0147. The van der Waals surface area contributed by atoms with Crippen LogP contribution in [0.2, 0.25) is 5.02 Å². The summed E-state index contributed by atoms with van der Waals surface area (Å²) in [7, 11) is 1.65. The van der Waals surface area contributed by atoms with E-state index in [0.29, 0.717) is 43.2 Å². The summed E-state index contributed by atoms with van der Waals surface area (Å²) in [6.07, 6.45) is 11.8. The lowest BCUT2D eigenvalue weighted by atomic mass is 10.1. The Kier molecular flexibility index (Phi) is 11.9. The van der Waals surface area contributed by atoms with Crippen LogP contribution in [0.5, 0.6) is 5.75 Å². The number of hydrogen-bond donors (Lipinski definition) is 0. The van der Waals surface area contributed by atoms with E-state index in [2.05, 4.69) is 11.5 Å². The van der Waals surface area contributed by atoms with E-state index in [-0.39, 0.29) is 11.8 Å². The van der Waals surface area contributed by atoms with Crippen LogP contribution < -0.4 is 4.74 Å². The number of halogens is 1. The smallest absolute Gasteiger partial charge is 0.255 e. The molecule has 0 saturated carbocycles. The number of para-hydroxylation sites is 1. The summed E-state index contributed by atoms with van der Waals surface area (Å²) in [4.78, 5) is 30.5. The lowest BCUT2D eigenvalue weighted by Gasteiger charge is -2.35. The van der Waals surface area contributed by atoms with Gasteiger partial charge in [-0.25, -0.2) is 0 Å². The molecule has 0 unspecified atom stereocenters. The lowest BCUT2D eigenvalue weighted by molar-refractivity contribution is -0.132. The molecule has 0 atom stereocenters. The van der Waals surface area contributed by atoms with Crippen molar-refractivity contribution < 1.29 is 14.3 Å². The van der Waals surface area contributed by atoms with Crippen molar-refractivity contribution in [3.8, 4) is 22.7 Å². The molecule has 0 N–H and O–H groups in total. The largest absolute Gasteiger partial charge is 0.497 e. The number of piperazine rings is 1. The second-order valence-electron chi connectivity index (χ2n) is 11.3. The first-order valence-corrected chi connectivity index (χ1v) is 16.0. The molecule has 2 amide bonds. The van der Waals surface area contributed by atoms with Crippen molar-refractivity contribution in [3.63, 3.8) is 0 Å². The highest BCUT2D eigenvalue weighted by Crippen LogP contribution is 2.34. The van der Waals surface area contributed by atoms with Crippen LogP contribution >= 0.6 is 11.6 Å². The molecular formula is C35H46ClN3O3. The molecule has 0 aliphatic carbocycles. The number of aromatic nitrogens is 1. The molecule has 1 aliphatic heterocycles. The van der Waals surface area contributed by atoms with Gasteiger partial charge in [0, 0.05) is 38.3 Å². The third kappa shape index (κ3) is 7.97. The van der Waals surface area contributed by atoms with Crippen molar-refractivity contribution in [1.82, 2.24) is 14.4 Å². The van der Waals surface area contributed by atoms with Gasteiger partial charge in [-0.3, -0.25) is 9.59 Å². The SMILES string of the molecule is CCCCCCCCCCCC(=O)N1CCN(C(=O)c2cc(-c3ccc(OC)cc3)n(-c3ccccc3Cl)c2C)CC1. The van der Waals surface area contributed by atoms with E-state index < -0.39 is 0 Å².